The number of nitrogens with zero attached hydrogens (tertiary/aromatic N) is 2. The molecule has 0 saturated carbocycles. The van der Waals surface area contributed by atoms with Crippen molar-refractivity contribution in [2.45, 2.75) is 81.2 Å². The van der Waals surface area contributed by atoms with E-state index in [0.29, 0.717) is 28.6 Å². The summed E-state index contributed by atoms with van der Waals surface area (Å²) in [6.45, 7) is 15.6. The molecule has 0 bridgehead atoms. The van der Waals surface area contributed by atoms with Crippen LogP contribution in [-0.4, -0.2) is 114 Å². The molecule has 82 heavy (non-hydrogen) atoms. The maximum absolute atomic E-state index is 12.5. The van der Waals surface area contributed by atoms with Gasteiger partial charge in [-0.25, -0.2) is 33.7 Å². The van der Waals surface area contributed by atoms with Crippen LogP contribution in [0.4, 0.5) is 41.9 Å². The summed E-state index contributed by atoms with van der Waals surface area (Å²) in [5, 5.41) is 0. The van der Waals surface area contributed by atoms with E-state index in [0.717, 1.165) is 42.7 Å². The first-order valence-electron chi connectivity index (χ1n) is 24.1. The van der Waals surface area contributed by atoms with Crippen molar-refractivity contribution in [2.24, 2.45) is 20.0 Å². The molecule has 5 rings (SSSR count). The Bertz CT molecular complexity index is 3760. The van der Waals surface area contributed by atoms with Crippen LogP contribution in [-0.2, 0) is 89.8 Å². The molecule has 5 N–H and O–H groups in total. The SMILES string of the molecule is CC(=O)CS(=O)(=O)Nc1ccc(C(=O)c2ccc(C)cc2)n1C.CC(=O)CS(=O)(=O)Nc1ccc(C(C)=O)n1C.CC(=O)CS(=O)(=O)Nc1ccc(CC(C)C)cc1C.CC(=O)CS(=O)(=O)Nc1ccc(NS(=O)(=O)C(F)(F)F)cc1C. The first-order valence-corrected chi connectivity index (χ1v) is 32.2. The highest BCUT2D eigenvalue weighted by Gasteiger charge is 2.46. The normalized spacial score (nSPS) is 11.8. The summed E-state index contributed by atoms with van der Waals surface area (Å²) in [6.07, 6.45) is 0.960. The lowest BCUT2D eigenvalue weighted by Gasteiger charge is -2.13. The van der Waals surface area contributed by atoms with Gasteiger partial charge < -0.3 is 9.13 Å². The van der Waals surface area contributed by atoms with Crippen molar-refractivity contribution in [3.63, 3.8) is 0 Å². The van der Waals surface area contributed by atoms with E-state index in [1.54, 1.807) is 38.4 Å². The Kier molecular flexibility index (Phi) is 25.2. The van der Waals surface area contributed by atoms with Crippen LogP contribution in [0.1, 0.15) is 97.3 Å². The molecule has 0 fully saturated rings. The highest BCUT2D eigenvalue weighted by molar-refractivity contribution is 7.94. The average Bonchev–Trinajstić information content (AvgIpc) is 3.85. The average molecular weight is 1250 g/mol. The van der Waals surface area contributed by atoms with Crippen LogP contribution < -0.4 is 23.6 Å². The second-order valence-corrected chi connectivity index (χ2v) is 27.7. The molecule has 452 valence electrons. The maximum Gasteiger partial charge on any atom is 0.516 e. The molecule has 2 aromatic heterocycles. The van der Waals surface area contributed by atoms with Gasteiger partial charge in [0.25, 0.3) is 0 Å². The summed E-state index contributed by atoms with van der Waals surface area (Å²) >= 11 is 0. The Morgan fingerprint density at radius 3 is 1.22 bits per heavy atom. The number of halogens is 3. The second kappa shape index (κ2) is 29.2. The van der Waals surface area contributed by atoms with Crippen LogP contribution >= 0.6 is 0 Å². The molecule has 0 aliphatic rings. The largest absolute Gasteiger partial charge is 0.516 e. The van der Waals surface area contributed by atoms with Gasteiger partial charge >= 0.3 is 15.5 Å². The topological polar surface area (TPSA) is 343 Å². The lowest BCUT2D eigenvalue weighted by molar-refractivity contribution is -0.115. The molecule has 31 heteroatoms. The van der Waals surface area contributed by atoms with Crippen molar-refractivity contribution in [1.29, 1.82) is 0 Å². The van der Waals surface area contributed by atoms with E-state index in [4.69, 9.17) is 0 Å². The Labute approximate surface area is 476 Å². The molecule has 23 nitrogen and oxygen atoms in total. The predicted molar refractivity (Wildman–Crippen MR) is 307 cm³/mol. The number of hydrogen-bond donors (Lipinski definition) is 5. The molecule has 2 heterocycles. The minimum atomic E-state index is -5.56. The van der Waals surface area contributed by atoms with Gasteiger partial charge in [-0.3, -0.25) is 52.4 Å². The molecule has 0 saturated heterocycles. The fourth-order valence-corrected chi connectivity index (χ4v) is 12.2. The van der Waals surface area contributed by atoms with Crippen LogP contribution in [0.5, 0.6) is 0 Å². The third-order valence-corrected chi connectivity index (χ3v) is 16.9. The Balaban J connectivity index is 0.000000376. The smallest absolute Gasteiger partial charge is 0.328 e. The second-order valence-electron chi connectivity index (χ2n) is 19.2. The molecule has 5 aromatic rings. The minimum absolute atomic E-state index is 0.0150. The van der Waals surface area contributed by atoms with Gasteiger partial charge in [0.2, 0.25) is 45.9 Å². The van der Waals surface area contributed by atoms with E-state index in [1.807, 2.05) is 38.1 Å². The summed E-state index contributed by atoms with van der Waals surface area (Å²) in [4.78, 5) is 67.1. The Morgan fingerprint density at radius 2 is 0.866 bits per heavy atom. The van der Waals surface area contributed by atoms with E-state index >= 15 is 0 Å². The van der Waals surface area contributed by atoms with E-state index in [-0.39, 0.29) is 45.9 Å². The quantitative estimate of drug-likeness (QED) is 0.0432. The van der Waals surface area contributed by atoms with E-state index in [9.17, 15) is 84.0 Å². The lowest BCUT2D eigenvalue weighted by atomic mass is 10.0. The fourth-order valence-electron chi connectivity index (χ4n) is 7.02. The molecule has 0 aliphatic carbocycles. The monoisotopic (exact) mass is 1250 g/mol. The highest BCUT2D eigenvalue weighted by atomic mass is 32.2. The first-order chi connectivity index (χ1) is 37.3. The molecular weight excluding hydrogens is 1180 g/mol. The van der Waals surface area contributed by atoms with Crippen LogP contribution in [0.25, 0.3) is 0 Å². The Morgan fingerprint density at radius 1 is 0.488 bits per heavy atom. The van der Waals surface area contributed by atoms with Gasteiger partial charge in [0.1, 0.15) is 57.8 Å². The molecule has 0 aliphatic heterocycles. The number of benzene rings is 3. The van der Waals surface area contributed by atoms with Crippen molar-refractivity contribution >= 4 is 114 Å². The number of sulfonamides is 5. The van der Waals surface area contributed by atoms with Gasteiger partial charge in [0.05, 0.1) is 22.8 Å². The lowest BCUT2D eigenvalue weighted by Crippen LogP contribution is -2.30. The summed E-state index contributed by atoms with van der Waals surface area (Å²) in [5.41, 5.74) is -0.764. The standard InChI is InChI=1S/C16H18N2O4S.C14H21NO3S.C11H13F3N2O5S2.C10H14N2O4S/c1-11-4-6-13(7-5-11)16(20)14-8-9-15(18(14)3)17-23(21,22)10-12(2)19;1-10(2)7-13-5-6-14(11(3)8-13)15-19(17,18)9-12(4)16;1-7-5-9(15-23(20,21)11(12,13)14)3-4-10(7)16-22(18,19)6-8(2)17;1-7(13)6-17(15,16)11-10-5-4-9(8(2)14)12(10)3/h4-9,17H,10H2,1-3H3;5-6,8,10,15H,7,9H2,1-4H3;3-5,15-16H,6H2,1-2H3;4-5,11H,6H2,1-3H3. The zero-order valence-electron chi connectivity index (χ0n) is 46.8. The van der Waals surface area contributed by atoms with Crippen molar-refractivity contribution < 1.29 is 84.0 Å². The number of aromatic nitrogens is 2. The highest BCUT2D eigenvalue weighted by Crippen LogP contribution is 2.28. The third-order valence-electron chi connectivity index (χ3n) is 10.5. The molecule has 0 amide bonds. The number of carbonyl (C=O) groups excluding carboxylic acids is 6. The summed E-state index contributed by atoms with van der Waals surface area (Å²) in [7, 11) is -17.4. The number of Topliss-reactive ketones (excluding diaryl/α,β-unsaturated/α-hetero) is 5. The van der Waals surface area contributed by atoms with Crippen molar-refractivity contribution in [3.8, 4) is 0 Å². The number of anilines is 5. The van der Waals surface area contributed by atoms with Crippen LogP contribution in [0.15, 0.2) is 84.9 Å². The molecule has 0 spiro atoms. The van der Waals surface area contributed by atoms with Crippen molar-refractivity contribution in [3.05, 3.63) is 124 Å². The van der Waals surface area contributed by atoms with Crippen molar-refractivity contribution in [2.75, 3.05) is 46.6 Å². The molecule has 0 atom stereocenters. The minimum Gasteiger partial charge on any atom is -0.328 e. The number of rotatable bonds is 23. The van der Waals surface area contributed by atoms with Gasteiger partial charge in [-0.1, -0.05) is 55.8 Å². The number of ketones is 6. The van der Waals surface area contributed by atoms with Gasteiger partial charge in [0, 0.05) is 32.3 Å². The number of carbonyl (C=O) groups is 6. The Hall–Kier alpha value is -7.22. The van der Waals surface area contributed by atoms with Gasteiger partial charge in [-0.05, 0) is 126 Å². The summed E-state index contributed by atoms with van der Waals surface area (Å²) in [6, 6.07) is 21.9. The van der Waals surface area contributed by atoms with Crippen LogP contribution in [0.2, 0.25) is 0 Å². The molecule has 0 unspecified atom stereocenters. The summed E-state index contributed by atoms with van der Waals surface area (Å²) < 4.78 is 165. The molecule has 3 aromatic carbocycles. The first kappa shape index (κ1) is 70.9. The fraction of sp³-hybridized carbons (Fsp3) is 0.373. The zero-order chi connectivity index (χ0) is 63.1. The van der Waals surface area contributed by atoms with Crippen LogP contribution in [0, 0.1) is 26.7 Å². The number of hydrogen-bond acceptors (Lipinski definition) is 16. The number of aryl methyl sites for hydroxylation is 3. The van der Waals surface area contributed by atoms with E-state index in [1.165, 1.54) is 72.2 Å². The van der Waals surface area contributed by atoms with E-state index in [2.05, 4.69) is 32.7 Å². The van der Waals surface area contributed by atoms with Crippen LogP contribution in [0.3, 0.4) is 0 Å². The summed E-state index contributed by atoms with van der Waals surface area (Å²) in [5.74, 6) is -3.60. The number of alkyl halides is 3. The van der Waals surface area contributed by atoms with Gasteiger partial charge in [-0.2, -0.15) is 21.6 Å². The third kappa shape index (κ3) is 24.1. The van der Waals surface area contributed by atoms with E-state index < -0.39 is 96.0 Å². The number of nitrogens with one attached hydrogen (secondary N) is 5. The molecule has 0 radical (unpaired) electrons. The zero-order valence-corrected chi connectivity index (χ0v) is 50.9. The van der Waals surface area contributed by atoms with Gasteiger partial charge in [-0.15, -0.1) is 0 Å². The maximum atomic E-state index is 12.5. The van der Waals surface area contributed by atoms with Crippen molar-refractivity contribution in [1.82, 2.24) is 9.13 Å². The predicted octanol–water partition coefficient (Wildman–Crippen LogP) is 6.57. The molecular formula is C51H66F3N7O16S5. The van der Waals surface area contributed by atoms with Gasteiger partial charge in [0.15, 0.2) is 5.78 Å².